The molecule has 1 atom stereocenters. The molecule has 0 saturated carbocycles. The van der Waals surface area contributed by atoms with Gasteiger partial charge in [-0.2, -0.15) is 0 Å². The van der Waals surface area contributed by atoms with Gasteiger partial charge < -0.3 is 15.3 Å². The largest absolute Gasteiger partial charge is 0.481 e. The lowest BCUT2D eigenvalue weighted by Gasteiger charge is -2.25. The topological polar surface area (TPSA) is 86.7 Å². The van der Waals surface area contributed by atoms with Gasteiger partial charge in [-0.25, -0.2) is 0 Å². The number of unbranched alkanes of at least 4 members (excludes halogenated alkanes) is 8. The number of nitrogens with one attached hydrogen (secondary N) is 1. The number of amides is 2. The van der Waals surface area contributed by atoms with Crippen LogP contribution in [0.15, 0.2) is 0 Å². The van der Waals surface area contributed by atoms with Gasteiger partial charge in [0.05, 0.1) is 0 Å². The van der Waals surface area contributed by atoms with Crippen LogP contribution < -0.4 is 5.32 Å². The third-order valence-electron chi connectivity index (χ3n) is 4.86. The number of likely N-dealkylation sites (N-methyl/N-ethyl adjacent to an activating group) is 1. The van der Waals surface area contributed by atoms with Crippen LogP contribution in [-0.2, 0) is 14.4 Å². The highest BCUT2D eigenvalue weighted by Crippen LogP contribution is 2.11. The summed E-state index contributed by atoms with van der Waals surface area (Å²) in [4.78, 5) is 37.1. The number of carbonyl (C=O) groups excluding carboxylic acids is 2. The molecule has 0 fully saturated rings. The number of aliphatic carboxylic acids is 1. The lowest BCUT2D eigenvalue weighted by Crippen LogP contribution is -2.48. The van der Waals surface area contributed by atoms with Gasteiger partial charge in [0.25, 0.3) is 0 Å². The zero-order valence-electron chi connectivity index (χ0n) is 17.6. The zero-order chi connectivity index (χ0) is 20.5. The molecule has 2 amide bonds. The van der Waals surface area contributed by atoms with E-state index in [4.69, 9.17) is 5.11 Å². The fourth-order valence-corrected chi connectivity index (χ4v) is 3.14. The Hall–Kier alpha value is -1.59. The first-order valence-electron chi connectivity index (χ1n) is 10.8. The van der Waals surface area contributed by atoms with Crippen molar-refractivity contribution < 1.29 is 19.5 Å². The summed E-state index contributed by atoms with van der Waals surface area (Å²) >= 11 is 0. The van der Waals surface area contributed by atoms with Crippen molar-refractivity contribution in [2.75, 3.05) is 13.1 Å². The molecule has 0 unspecified atom stereocenters. The van der Waals surface area contributed by atoms with Crippen LogP contribution in [0.4, 0.5) is 0 Å². The Balaban J connectivity index is 4.16. The number of nitrogens with zero attached hydrogens (tertiary/aromatic N) is 1. The van der Waals surface area contributed by atoms with Gasteiger partial charge in [-0.05, 0) is 26.7 Å². The Morgan fingerprint density at radius 1 is 0.815 bits per heavy atom. The van der Waals surface area contributed by atoms with E-state index in [1.807, 2.05) is 13.8 Å². The molecular weight excluding hydrogens is 344 g/mol. The Labute approximate surface area is 165 Å². The van der Waals surface area contributed by atoms with Gasteiger partial charge >= 0.3 is 5.97 Å². The Bertz CT molecular complexity index is 422. The molecule has 0 bridgehead atoms. The maximum atomic E-state index is 12.5. The molecule has 2 N–H and O–H groups in total. The molecule has 0 aromatic rings. The van der Waals surface area contributed by atoms with Gasteiger partial charge in [0.2, 0.25) is 11.8 Å². The molecule has 6 nitrogen and oxygen atoms in total. The van der Waals surface area contributed by atoms with Crippen molar-refractivity contribution in [3.63, 3.8) is 0 Å². The number of carbonyl (C=O) groups is 3. The number of hydrogen-bond acceptors (Lipinski definition) is 3. The van der Waals surface area contributed by atoms with Gasteiger partial charge in [0.1, 0.15) is 6.04 Å². The fourth-order valence-electron chi connectivity index (χ4n) is 3.14. The van der Waals surface area contributed by atoms with Crippen LogP contribution in [0.25, 0.3) is 0 Å². The van der Waals surface area contributed by atoms with Crippen LogP contribution in [0.3, 0.4) is 0 Å². The fraction of sp³-hybridized carbons (Fsp3) is 0.857. The van der Waals surface area contributed by atoms with Crippen molar-refractivity contribution in [1.29, 1.82) is 0 Å². The first-order valence-corrected chi connectivity index (χ1v) is 10.8. The van der Waals surface area contributed by atoms with E-state index >= 15 is 0 Å². The maximum Gasteiger partial charge on any atom is 0.303 e. The second-order valence-corrected chi connectivity index (χ2v) is 7.14. The van der Waals surface area contributed by atoms with E-state index < -0.39 is 12.0 Å². The van der Waals surface area contributed by atoms with E-state index in [-0.39, 0.29) is 24.7 Å². The highest BCUT2D eigenvalue weighted by molar-refractivity contribution is 5.88. The highest BCUT2D eigenvalue weighted by Gasteiger charge is 2.24. The molecule has 0 saturated heterocycles. The monoisotopic (exact) mass is 384 g/mol. The number of carboxylic acid groups (broad SMARTS) is 1. The number of hydrogen-bond donors (Lipinski definition) is 2. The van der Waals surface area contributed by atoms with Crippen molar-refractivity contribution in [3.05, 3.63) is 0 Å². The van der Waals surface area contributed by atoms with Crippen LogP contribution in [-0.4, -0.2) is 46.9 Å². The predicted octanol–water partition coefficient (Wildman–Crippen LogP) is 4.13. The molecule has 0 heterocycles. The van der Waals surface area contributed by atoms with Crippen LogP contribution >= 0.6 is 0 Å². The van der Waals surface area contributed by atoms with Crippen molar-refractivity contribution >= 4 is 17.8 Å². The minimum Gasteiger partial charge on any atom is -0.481 e. The smallest absolute Gasteiger partial charge is 0.303 e. The average Bonchev–Trinajstić information content (AvgIpc) is 2.64. The average molecular weight is 385 g/mol. The summed E-state index contributed by atoms with van der Waals surface area (Å²) in [6.07, 6.45) is 11.0. The number of carboxylic acids is 1. The molecule has 0 aliphatic heterocycles. The molecule has 27 heavy (non-hydrogen) atoms. The summed E-state index contributed by atoms with van der Waals surface area (Å²) < 4.78 is 0. The van der Waals surface area contributed by atoms with E-state index in [1.165, 1.54) is 38.5 Å². The van der Waals surface area contributed by atoms with Crippen LogP contribution in [0.1, 0.15) is 97.8 Å². The highest BCUT2D eigenvalue weighted by atomic mass is 16.4. The van der Waals surface area contributed by atoms with Crippen LogP contribution in [0, 0.1) is 0 Å². The summed E-state index contributed by atoms with van der Waals surface area (Å²) in [7, 11) is 0. The molecule has 0 aromatic heterocycles. The van der Waals surface area contributed by atoms with E-state index in [9.17, 15) is 14.4 Å². The predicted molar refractivity (Wildman–Crippen MR) is 109 cm³/mol. The molecule has 0 aromatic carbocycles. The first kappa shape index (κ1) is 25.4. The molecule has 0 aliphatic carbocycles. The van der Waals surface area contributed by atoms with Gasteiger partial charge in [-0.3, -0.25) is 14.4 Å². The molecule has 158 valence electrons. The lowest BCUT2D eigenvalue weighted by atomic mass is 10.1. The van der Waals surface area contributed by atoms with E-state index in [2.05, 4.69) is 12.2 Å². The van der Waals surface area contributed by atoms with Crippen molar-refractivity contribution in [3.8, 4) is 0 Å². The lowest BCUT2D eigenvalue weighted by molar-refractivity contribution is -0.139. The van der Waals surface area contributed by atoms with E-state index in [0.717, 1.165) is 19.3 Å². The quantitative estimate of drug-likeness (QED) is 0.369. The van der Waals surface area contributed by atoms with Crippen molar-refractivity contribution in [2.45, 2.75) is 104 Å². The molecule has 0 spiro atoms. The van der Waals surface area contributed by atoms with Gasteiger partial charge in [0.15, 0.2) is 0 Å². The van der Waals surface area contributed by atoms with Crippen molar-refractivity contribution in [2.24, 2.45) is 0 Å². The van der Waals surface area contributed by atoms with E-state index in [0.29, 0.717) is 19.5 Å². The minimum absolute atomic E-state index is 0.129. The van der Waals surface area contributed by atoms with Crippen molar-refractivity contribution in [1.82, 2.24) is 10.2 Å². The normalized spacial score (nSPS) is 11.8. The maximum absolute atomic E-state index is 12.5. The third kappa shape index (κ3) is 13.3. The van der Waals surface area contributed by atoms with Gasteiger partial charge in [-0.15, -0.1) is 0 Å². The summed E-state index contributed by atoms with van der Waals surface area (Å²) in [5, 5.41) is 11.6. The SMILES string of the molecule is CCCCCCCCCCCC(=O)N[C@@H](CCC(=O)O)C(=O)N(CC)CC. The minimum atomic E-state index is -0.958. The number of rotatable bonds is 17. The standard InChI is InChI=1S/C21H40N2O4/c1-4-7-8-9-10-11-12-13-14-15-19(24)22-18(16-17-20(25)26)21(27)23(5-2)6-3/h18H,4-17H2,1-3H3,(H,22,24)(H,25,26)/t18-/m0/s1. The summed E-state index contributed by atoms with van der Waals surface area (Å²) in [5.74, 6) is -1.31. The molecule has 0 rings (SSSR count). The summed E-state index contributed by atoms with van der Waals surface area (Å²) in [5.41, 5.74) is 0. The Kier molecular flexibility index (Phi) is 15.6. The Morgan fingerprint density at radius 2 is 1.33 bits per heavy atom. The van der Waals surface area contributed by atoms with Gasteiger partial charge in [0, 0.05) is 25.9 Å². The second kappa shape index (κ2) is 16.6. The van der Waals surface area contributed by atoms with Crippen LogP contribution in [0.5, 0.6) is 0 Å². The molecule has 0 aliphatic rings. The molecule has 0 radical (unpaired) electrons. The first-order chi connectivity index (χ1) is 13.0. The van der Waals surface area contributed by atoms with Crippen LogP contribution in [0.2, 0.25) is 0 Å². The zero-order valence-corrected chi connectivity index (χ0v) is 17.6. The van der Waals surface area contributed by atoms with Gasteiger partial charge in [-0.1, -0.05) is 58.3 Å². The Morgan fingerprint density at radius 3 is 1.81 bits per heavy atom. The second-order valence-electron chi connectivity index (χ2n) is 7.14. The molecular formula is C21H40N2O4. The van der Waals surface area contributed by atoms with E-state index in [1.54, 1.807) is 4.90 Å². The summed E-state index contributed by atoms with van der Waals surface area (Å²) in [6.45, 7) is 7.06. The summed E-state index contributed by atoms with van der Waals surface area (Å²) in [6, 6.07) is -0.743. The third-order valence-corrected chi connectivity index (χ3v) is 4.86. The molecule has 6 heteroatoms.